The molecule has 0 fully saturated rings. The second-order valence-electron chi connectivity index (χ2n) is 4.60. The van der Waals surface area contributed by atoms with Crippen LogP contribution in [0.15, 0.2) is 48.5 Å². The third-order valence-corrected chi connectivity index (χ3v) is 2.87. The third-order valence-electron chi connectivity index (χ3n) is 2.87. The van der Waals surface area contributed by atoms with Gasteiger partial charge in [0.2, 0.25) is 0 Å². The topological polar surface area (TPSA) is 44.5 Å². The average Bonchev–Trinajstić information content (AvgIpc) is 2.52. The van der Waals surface area contributed by atoms with Crippen molar-refractivity contribution in [2.24, 2.45) is 5.73 Å². The minimum atomic E-state index is 0.190. The van der Waals surface area contributed by atoms with E-state index < -0.39 is 0 Å². The molecule has 21 heavy (non-hydrogen) atoms. The van der Waals surface area contributed by atoms with Gasteiger partial charge in [-0.15, -0.1) is 0 Å². The highest BCUT2D eigenvalue weighted by atomic mass is 16.7. The lowest BCUT2D eigenvalue weighted by Gasteiger charge is -2.09. The van der Waals surface area contributed by atoms with Crippen LogP contribution in [0.3, 0.4) is 0 Å². The molecule has 0 aromatic heterocycles. The molecule has 2 aromatic carbocycles. The number of hydrogen-bond donors (Lipinski definition) is 1. The molecule has 0 aliphatic heterocycles. The zero-order valence-electron chi connectivity index (χ0n) is 12.1. The van der Waals surface area contributed by atoms with E-state index in [-0.39, 0.29) is 6.79 Å². The Labute approximate surface area is 125 Å². The van der Waals surface area contributed by atoms with Crippen molar-refractivity contribution in [1.82, 2.24) is 0 Å². The van der Waals surface area contributed by atoms with E-state index in [0.29, 0.717) is 13.2 Å². The minimum Gasteiger partial charge on any atom is -0.466 e. The van der Waals surface area contributed by atoms with Crippen molar-refractivity contribution in [3.63, 3.8) is 0 Å². The summed E-state index contributed by atoms with van der Waals surface area (Å²) in [4.78, 5) is 0. The van der Waals surface area contributed by atoms with Gasteiger partial charge in [-0.3, -0.25) is 0 Å². The molecule has 3 heteroatoms. The summed E-state index contributed by atoms with van der Waals surface area (Å²) in [5, 5.41) is 0. The van der Waals surface area contributed by atoms with E-state index in [0.717, 1.165) is 22.4 Å². The fraction of sp³-hybridized carbons (Fsp3) is 0.222. The number of benzene rings is 2. The molecule has 0 aliphatic rings. The van der Waals surface area contributed by atoms with E-state index in [2.05, 4.69) is 11.8 Å². The second-order valence-corrected chi connectivity index (χ2v) is 4.60. The number of ether oxygens (including phenoxy) is 2. The number of hydrogen-bond acceptors (Lipinski definition) is 3. The van der Waals surface area contributed by atoms with Gasteiger partial charge in [-0.1, -0.05) is 48.2 Å². The monoisotopic (exact) mass is 281 g/mol. The number of aryl methyl sites for hydroxylation is 1. The summed E-state index contributed by atoms with van der Waals surface area (Å²) >= 11 is 0. The maximum absolute atomic E-state index is 5.65. The molecule has 3 nitrogen and oxygen atoms in total. The predicted octanol–water partition coefficient (Wildman–Crippen LogP) is 2.86. The molecular weight excluding hydrogens is 262 g/mol. The minimum absolute atomic E-state index is 0.190. The van der Waals surface area contributed by atoms with E-state index >= 15 is 0 Å². The van der Waals surface area contributed by atoms with E-state index in [9.17, 15) is 0 Å². The Morgan fingerprint density at radius 1 is 1.10 bits per heavy atom. The SMILES string of the molecule is Cc1ccc(OCOCc2ccccc2)c(C#CCN)c1. The Hall–Kier alpha value is -2.28. The van der Waals surface area contributed by atoms with E-state index in [1.807, 2.05) is 55.5 Å². The van der Waals surface area contributed by atoms with Gasteiger partial charge in [0.05, 0.1) is 18.7 Å². The van der Waals surface area contributed by atoms with Crippen molar-refractivity contribution >= 4 is 0 Å². The van der Waals surface area contributed by atoms with E-state index in [1.54, 1.807) is 0 Å². The lowest BCUT2D eigenvalue weighted by atomic mass is 10.1. The van der Waals surface area contributed by atoms with Gasteiger partial charge in [0.15, 0.2) is 6.79 Å². The standard InChI is InChI=1S/C18H19NO2/c1-15-9-10-18(17(12-15)8-5-11-19)21-14-20-13-16-6-3-2-4-7-16/h2-4,6-7,9-10,12H,11,13-14,19H2,1H3. The average molecular weight is 281 g/mol. The van der Waals surface area contributed by atoms with Gasteiger partial charge in [-0.05, 0) is 30.2 Å². The molecule has 0 radical (unpaired) electrons. The highest BCUT2D eigenvalue weighted by molar-refractivity contribution is 5.48. The number of nitrogens with two attached hydrogens (primary N) is 1. The van der Waals surface area contributed by atoms with Crippen LogP contribution in [0.5, 0.6) is 5.75 Å². The van der Waals surface area contributed by atoms with Crippen LogP contribution in [0.2, 0.25) is 0 Å². The van der Waals surface area contributed by atoms with Crippen molar-refractivity contribution in [3.8, 4) is 17.6 Å². The van der Waals surface area contributed by atoms with Gasteiger partial charge in [-0.25, -0.2) is 0 Å². The van der Waals surface area contributed by atoms with Crippen molar-refractivity contribution in [2.75, 3.05) is 13.3 Å². The second kappa shape index (κ2) is 8.11. The van der Waals surface area contributed by atoms with Crippen LogP contribution >= 0.6 is 0 Å². The maximum atomic E-state index is 5.65. The van der Waals surface area contributed by atoms with Crippen LogP contribution in [0, 0.1) is 18.8 Å². The molecule has 2 aromatic rings. The largest absolute Gasteiger partial charge is 0.466 e. The van der Waals surface area contributed by atoms with E-state index in [4.69, 9.17) is 15.2 Å². The van der Waals surface area contributed by atoms with Crippen molar-refractivity contribution < 1.29 is 9.47 Å². The summed E-state index contributed by atoms with van der Waals surface area (Å²) in [6.45, 7) is 3.06. The normalized spacial score (nSPS) is 9.81. The van der Waals surface area contributed by atoms with Crippen molar-refractivity contribution in [1.29, 1.82) is 0 Å². The lowest BCUT2D eigenvalue weighted by Crippen LogP contribution is -2.04. The van der Waals surface area contributed by atoms with Crippen molar-refractivity contribution in [3.05, 3.63) is 65.2 Å². The first-order valence-corrected chi connectivity index (χ1v) is 6.83. The first-order valence-electron chi connectivity index (χ1n) is 6.83. The molecule has 108 valence electrons. The third kappa shape index (κ3) is 4.96. The fourth-order valence-electron chi connectivity index (χ4n) is 1.85. The van der Waals surface area contributed by atoms with Crippen molar-refractivity contribution in [2.45, 2.75) is 13.5 Å². The predicted molar refractivity (Wildman–Crippen MR) is 83.8 cm³/mol. The molecule has 0 saturated heterocycles. The molecule has 0 saturated carbocycles. The van der Waals surface area contributed by atoms with Crippen LogP contribution in [0.25, 0.3) is 0 Å². The molecule has 0 bridgehead atoms. The van der Waals surface area contributed by atoms with Crippen LogP contribution < -0.4 is 10.5 Å². The highest BCUT2D eigenvalue weighted by Gasteiger charge is 2.02. The van der Waals surface area contributed by atoms with Crippen LogP contribution in [0.1, 0.15) is 16.7 Å². The smallest absolute Gasteiger partial charge is 0.189 e. The molecule has 2 rings (SSSR count). The van der Waals surface area contributed by atoms with Gasteiger partial charge in [0, 0.05) is 0 Å². The molecule has 2 N–H and O–H groups in total. The zero-order chi connectivity index (χ0) is 14.9. The van der Waals surface area contributed by atoms with Gasteiger partial charge in [0.25, 0.3) is 0 Å². The van der Waals surface area contributed by atoms with Crippen LogP contribution in [0.4, 0.5) is 0 Å². The first kappa shape index (κ1) is 15.1. The molecule has 0 heterocycles. The Morgan fingerprint density at radius 3 is 2.67 bits per heavy atom. The van der Waals surface area contributed by atoms with Crippen LogP contribution in [-0.4, -0.2) is 13.3 Å². The van der Waals surface area contributed by atoms with Gasteiger partial charge < -0.3 is 15.2 Å². The molecule has 0 atom stereocenters. The Morgan fingerprint density at radius 2 is 1.90 bits per heavy atom. The molecule has 0 aliphatic carbocycles. The highest BCUT2D eigenvalue weighted by Crippen LogP contribution is 2.19. The Balaban J connectivity index is 1.91. The summed E-state index contributed by atoms with van der Waals surface area (Å²) in [7, 11) is 0. The summed E-state index contributed by atoms with van der Waals surface area (Å²) in [6, 6.07) is 15.9. The van der Waals surface area contributed by atoms with Crippen LogP contribution in [-0.2, 0) is 11.3 Å². The fourth-order valence-corrected chi connectivity index (χ4v) is 1.85. The molecule has 0 unspecified atom stereocenters. The van der Waals surface area contributed by atoms with Gasteiger partial charge in [0.1, 0.15) is 5.75 Å². The van der Waals surface area contributed by atoms with Gasteiger partial charge in [-0.2, -0.15) is 0 Å². The Bertz CT molecular complexity index is 627. The Kier molecular flexibility index (Phi) is 5.83. The number of rotatable bonds is 5. The summed E-state index contributed by atoms with van der Waals surface area (Å²) in [5.41, 5.74) is 8.50. The first-order chi connectivity index (χ1) is 10.3. The molecular formula is C18H19NO2. The summed E-state index contributed by atoms with van der Waals surface area (Å²) < 4.78 is 11.2. The quantitative estimate of drug-likeness (QED) is 0.521. The molecule has 0 spiro atoms. The maximum Gasteiger partial charge on any atom is 0.189 e. The summed E-state index contributed by atoms with van der Waals surface area (Å²) in [6.07, 6.45) is 0. The molecule has 0 amide bonds. The lowest BCUT2D eigenvalue weighted by molar-refractivity contribution is 0.00489. The van der Waals surface area contributed by atoms with E-state index in [1.165, 1.54) is 0 Å². The zero-order valence-corrected chi connectivity index (χ0v) is 12.1. The summed E-state index contributed by atoms with van der Waals surface area (Å²) in [5.74, 6) is 6.58. The van der Waals surface area contributed by atoms with Gasteiger partial charge >= 0.3 is 0 Å².